The Labute approximate surface area is 257 Å². The summed E-state index contributed by atoms with van der Waals surface area (Å²) in [4.78, 5) is 2.34. The summed E-state index contributed by atoms with van der Waals surface area (Å²) in [6.45, 7) is 0. The van der Waals surface area contributed by atoms with E-state index in [2.05, 4.69) is 157 Å². The van der Waals surface area contributed by atoms with Gasteiger partial charge in [-0.3, -0.25) is 0 Å². The van der Waals surface area contributed by atoms with E-state index in [0.29, 0.717) is 0 Å². The maximum atomic E-state index is 2.45. The molecule has 0 aliphatic carbocycles. The Bertz CT molecular complexity index is 2410. The molecule has 0 spiro atoms. The van der Waals surface area contributed by atoms with Gasteiger partial charge in [-0.1, -0.05) is 103 Å². The fourth-order valence-corrected chi connectivity index (χ4v) is 8.99. The van der Waals surface area contributed by atoms with E-state index in [0.717, 1.165) is 17.1 Å². The van der Waals surface area contributed by atoms with Crippen LogP contribution in [0.5, 0.6) is 0 Å². The van der Waals surface area contributed by atoms with Crippen LogP contribution in [0.2, 0.25) is 0 Å². The first kappa shape index (κ1) is 24.6. The summed E-state index contributed by atoms with van der Waals surface area (Å²) in [6.07, 6.45) is 0. The maximum Gasteiger partial charge on any atom is 0.0476 e. The Kier molecular flexibility index (Phi) is 5.62. The molecule has 9 aromatic rings. The Hall–Kier alpha value is -4.96. The van der Waals surface area contributed by atoms with Gasteiger partial charge in [-0.05, 0) is 59.5 Å². The minimum Gasteiger partial charge on any atom is -0.310 e. The van der Waals surface area contributed by atoms with Gasteiger partial charge < -0.3 is 4.90 Å². The van der Waals surface area contributed by atoms with Gasteiger partial charge >= 0.3 is 0 Å². The number of nitrogens with zero attached hydrogens (tertiary/aromatic N) is 1. The lowest BCUT2D eigenvalue weighted by Gasteiger charge is -2.25. The molecule has 0 fully saturated rings. The molecule has 0 unspecified atom stereocenters. The normalized spacial score (nSPS) is 11.7. The van der Waals surface area contributed by atoms with Gasteiger partial charge in [-0.2, -0.15) is 0 Å². The van der Waals surface area contributed by atoms with Gasteiger partial charge in [0.25, 0.3) is 0 Å². The number of benzene rings is 7. The first-order chi connectivity index (χ1) is 21.3. The Balaban J connectivity index is 1.29. The minimum absolute atomic E-state index is 1.15. The third-order valence-corrected chi connectivity index (χ3v) is 10.9. The number of rotatable bonds is 4. The second-order valence-corrected chi connectivity index (χ2v) is 13.0. The second kappa shape index (κ2) is 9.81. The molecule has 7 aromatic carbocycles. The van der Waals surface area contributed by atoms with Crippen LogP contribution >= 0.6 is 22.7 Å². The van der Waals surface area contributed by atoms with E-state index in [4.69, 9.17) is 0 Å². The second-order valence-electron chi connectivity index (χ2n) is 10.9. The van der Waals surface area contributed by atoms with Crippen molar-refractivity contribution in [3.05, 3.63) is 152 Å². The molecule has 2 heterocycles. The maximum absolute atomic E-state index is 2.45. The van der Waals surface area contributed by atoms with Crippen molar-refractivity contribution in [1.82, 2.24) is 0 Å². The van der Waals surface area contributed by atoms with Crippen LogP contribution < -0.4 is 4.90 Å². The first-order valence-corrected chi connectivity index (χ1v) is 16.2. The summed E-state index contributed by atoms with van der Waals surface area (Å²) >= 11 is 3.80. The lowest BCUT2D eigenvalue weighted by atomic mass is 9.94. The standard InChI is InChI=1S/C40H25NS2/c1-3-12-26(13-4-1)41(27-14-5-2-6-15-27)28-22-23-31-36-25-35(29-16-7-8-18-32(29)40(36)43-38(31)24-28)34-20-11-19-33-30-17-9-10-21-37(30)42-39(33)34/h1-25H. The highest BCUT2D eigenvalue weighted by Gasteiger charge is 2.18. The van der Waals surface area contributed by atoms with Crippen molar-refractivity contribution in [2.75, 3.05) is 4.90 Å². The summed E-state index contributed by atoms with van der Waals surface area (Å²) < 4.78 is 5.34. The monoisotopic (exact) mass is 583 g/mol. The highest BCUT2D eigenvalue weighted by Crippen LogP contribution is 2.47. The molecule has 0 saturated carbocycles. The predicted molar refractivity (Wildman–Crippen MR) is 190 cm³/mol. The van der Waals surface area contributed by atoms with Crippen molar-refractivity contribution < 1.29 is 0 Å². The van der Waals surface area contributed by atoms with E-state index in [1.165, 1.54) is 62.2 Å². The molecule has 0 atom stereocenters. The highest BCUT2D eigenvalue weighted by molar-refractivity contribution is 7.27. The molecule has 2 aromatic heterocycles. The molecule has 1 nitrogen and oxygen atoms in total. The molecule has 9 rings (SSSR count). The van der Waals surface area contributed by atoms with Gasteiger partial charge in [0.2, 0.25) is 0 Å². The zero-order valence-electron chi connectivity index (χ0n) is 23.2. The molecule has 0 amide bonds. The summed E-state index contributed by atoms with van der Waals surface area (Å²) in [5.41, 5.74) is 6.08. The van der Waals surface area contributed by atoms with E-state index in [1.54, 1.807) is 0 Å². The third-order valence-electron chi connectivity index (χ3n) is 8.44. The van der Waals surface area contributed by atoms with E-state index in [9.17, 15) is 0 Å². The Morgan fingerprint density at radius 1 is 0.326 bits per heavy atom. The van der Waals surface area contributed by atoms with Gasteiger partial charge in [0.05, 0.1) is 0 Å². The van der Waals surface area contributed by atoms with E-state index in [1.807, 2.05) is 22.7 Å². The van der Waals surface area contributed by atoms with Crippen molar-refractivity contribution in [2.45, 2.75) is 0 Å². The van der Waals surface area contributed by atoms with Gasteiger partial charge in [-0.15, -0.1) is 22.7 Å². The Morgan fingerprint density at radius 2 is 0.907 bits per heavy atom. The van der Waals surface area contributed by atoms with Crippen LogP contribution in [0.3, 0.4) is 0 Å². The zero-order chi connectivity index (χ0) is 28.3. The lowest BCUT2D eigenvalue weighted by molar-refractivity contribution is 1.29. The van der Waals surface area contributed by atoms with Crippen molar-refractivity contribution >= 4 is 90.9 Å². The number of anilines is 3. The molecule has 202 valence electrons. The van der Waals surface area contributed by atoms with Crippen molar-refractivity contribution in [3.63, 3.8) is 0 Å². The molecule has 3 heteroatoms. The summed E-state index contributed by atoms with van der Waals surface area (Å²) in [5, 5.41) is 7.93. The molecule has 0 radical (unpaired) electrons. The molecule has 0 aliphatic rings. The average Bonchev–Trinajstić information content (AvgIpc) is 3.64. The van der Waals surface area contributed by atoms with Crippen molar-refractivity contribution in [1.29, 1.82) is 0 Å². The summed E-state index contributed by atoms with van der Waals surface area (Å²) in [7, 11) is 0. The van der Waals surface area contributed by atoms with Crippen LogP contribution in [0, 0.1) is 0 Å². The predicted octanol–water partition coefficient (Wildman–Crippen LogP) is 12.7. The number of hydrogen-bond donors (Lipinski definition) is 0. The summed E-state index contributed by atoms with van der Waals surface area (Å²) in [6, 6.07) is 55.2. The topological polar surface area (TPSA) is 3.24 Å². The lowest BCUT2D eigenvalue weighted by Crippen LogP contribution is -2.09. The molecule has 0 bridgehead atoms. The molecule has 43 heavy (non-hydrogen) atoms. The molecule has 0 N–H and O–H groups in total. The van der Waals surface area contributed by atoms with Crippen LogP contribution in [0.1, 0.15) is 0 Å². The van der Waals surface area contributed by atoms with Crippen LogP contribution in [0.25, 0.3) is 62.2 Å². The van der Waals surface area contributed by atoms with Gasteiger partial charge in [0.1, 0.15) is 0 Å². The number of fused-ring (bicyclic) bond motifs is 8. The smallest absolute Gasteiger partial charge is 0.0476 e. The quantitative estimate of drug-likeness (QED) is 0.199. The van der Waals surface area contributed by atoms with Crippen LogP contribution in [-0.2, 0) is 0 Å². The van der Waals surface area contributed by atoms with Crippen LogP contribution in [0.15, 0.2) is 152 Å². The fraction of sp³-hybridized carbons (Fsp3) is 0. The van der Waals surface area contributed by atoms with E-state index < -0.39 is 0 Å². The minimum atomic E-state index is 1.15. The SMILES string of the molecule is c1ccc(N(c2ccccc2)c2ccc3c(c2)sc2c4ccccc4c(-c4cccc5c4sc4ccccc45)cc32)cc1. The molecular weight excluding hydrogens is 559 g/mol. The highest BCUT2D eigenvalue weighted by atomic mass is 32.1. The zero-order valence-corrected chi connectivity index (χ0v) is 24.8. The van der Waals surface area contributed by atoms with E-state index >= 15 is 0 Å². The van der Waals surface area contributed by atoms with Gasteiger partial charge in [0, 0.05) is 68.4 Å². The number of para-hydroxylation sites is 2. The molecule has 0 aliphatic heterocycles. The fourth-order valence-electron chi connectivity index (χ4n) is 6.51. The van der Waals surface area contributed by atoms with E-state index in [-0.39, 0.29) is 0 Å². The van der Waals surface area contributed by atoms with Gasteiger partial charge in [-0.25, -0.2) is 0 Å². The largest absolute Gasteiger partial charge is 0.310 e. The average molecular weight is 584 g/mol. The molecule has 0 saturated heterocycles. The van der Waals surface area contributed by atoms with Crippen LogP contribution in [0.4, 0.5) is 17.1 Å². The van der Waals surface area contributed by atoms with Crippen LogP contribution in [-0.4, -0.2) is 0 Å². The van der Waals surface area contributed by atoms with Crippen molar-refractivity contribution in [2.24, 2.45) is 0 Å². The number of hydrogen-bond acceptors (Lipinski definition) is 3. The number of thiophene rings is 2. The third kappa shape index (κ3) is 3.90. The Morgan fingerprint density at radius 3 is 1.67 bits per heavy atom. The first-order valence-electron chi connectivity index (χ1n) is 14.5. The molecular formula is C40H25NS2. The van der Waals surface area contributed by atoms with Gasteiger partial charge in [0.15, 0.2) is 0 Å². The van der Waals surface area contributed by atoms with Crippen molar-refractivity contribution in [3.8, 4) is 11.1 Å². The summed E-state index contributed by atoms with van der Waals surface area (Å²) in [5.74, 6) is 0.